The van der Waals surface area contributed by atoms with Gasteiger partial charge in [0.1, 0.15) is 0 Å². The van der Waals surface area contributed by atoms with Crippen LogP contribution < -0.4 is 5.73 Å². The highest BCUT2D eigenvalue weighted by Crippen LogP contribution is 2.18. The number of aromatic nitrogens is 2. The summed E-state index contributed by atoms with van der Waals surface area (Å²) in [4.78, 5) is 11.3. The molecule has 2 N–H and O–H groups in total. The molecule has 18 heavy (non-hydrogen) atoms. The van der Waals surface area contributed by atoms with Crippen molar-refractivity contribution in [2.24, 2.45) is 5.73 Å². The van der Waals surface area contributed by atoms with Crippen molar-refractivity contribution in [3.8, 4) is 6.07 Å². The number of nitrogens with zero attached hydrogens (tertiary/aromatic N) is 3. The van der Waals surface area contributed by atoms with Crippen LogP contribution in [0, 0.1) is 11.3 Å². The highest BCUT2D eigenvalue weighted by atomic mass is 16.1. The Labute approximate surface area is 105 Å². The van der Waals surface area contributed by atoms with Crippen molar-refractivity contribution in [3.63, 3.8) is 0 Å². The van der Waals surface area contributed by atoms with Crippen LogP contribution in [0.3, 0.4) is 0 Å². The van der Waals surface area contributed by atoms with Crippen LogP contribution in [0.25, 0.3) is 10.9 Å². The SMILES string of the molecule is N#CCCCCn1nc(C(N)=O)c2ccccc21. The second-order valence-electron chi connectivity index (χ2n) is 4.07. The Morgan fingerprint density at radius 3 is 2.89 bits per heavy atom. The zero-order valence-corrected chi connectivity index (χ0v) is 9.97. The number of aryl methyl sites for hydroxylation is 1. The Balaban J connectivity index is 2.28. The Hall–Kier alpha value is -2.35. The molecule has 0 aliphatic rings. The van der Waals surface area contributed by atoms with E-state index in [2.05, 4.69) is 11.2 Å². The minimum absolute atomic E-state index is 0.311. The molecule has 0 unspecified atom stereocenters. The molecular formula is C13H14N4O. The maximum absolute atomic E-state index is 11.3. The van der Waals surface area contributed by atoms with Crippen molar-refractivity contribution in [1.29, 1.82) is 5.26 Å². The van der Waals surface area contributed by atoms with Gasteiger partial charge in [-0.3, -0.25) is 9.48 Å². The molecule has 92 valence electrons. The second-order valence-corrected chi connectivity index (χ2v) is 4.07. The van der Waals surface area contributed by atoms with Gasteiger partial charge in [-0.25, -0.2) is 0 Å². The van der Waals surface area contributed by atoms with Crippen LogP contribution in [0.5, 0.6) is 0 Å². The van der Waals surface area contributed by atoms with E-state index < -0.39 is 5.91 Å². The lowest BCUT2D eigenvalue weighted by Crippen LogP contribution is -2.13. The Morgan fingerprint density at radius 2 is 2.17 bits per heavy atom. The zero-order chi connectivity index (χ0) is 13.0. The number of carbonyl (C=O) groups excluding carboxylic acids is 1. The number of rotatable bonds is 5. The number of hydrogen-bond donors (Lipinski definition) is 1. The highest BCUT2D eigenvalue weighted by Gasteiger charge is 2.13. The molecule has 1 heterocycles. The molecule has 0 aliphatic carbocycles. The lowest BCUT2D eigenvalue weighted by molar-refractivity contribution is 0.0996. The van der Waals surface area contributed by atoms with Gasteiger partial charge in [0, 0.05) is 18.4 Å². The maximum atomic E-state index is 11.3. The molecule has 2 rings (SSSR count). The van der Waals surface area contributed by atoms with Gasteiger partial charge >= 0.3 is 0 Å². The van der Waals surface area contributed by atoms with E-state index in [-0.39, 0.29) is 0 Å². The predicted octanol–water partition coefficient (Wildman–Crippen LogP) is 1.83. The summed E-state index contributed by atoms with van der Waals surface area (Å²) in [6.07, 6.45) is 2.23. The Kier molecular flexibility index (Phi) is 3.58. The Morgan fingerprint density at radius 1 is 1.39 bits per heavy atom. The van der Waals surface area contributed by atoms with Crippen LogP contribution >= 0.6 is 0 Å². The summed E-state index contributed by atoms with van der Waals surface area (Å²) >= 11 is 0. The minimum atomic E-state index is -0.512. The van der Waals surface area contributed by atoms with Crippen LogP contribution in [0.15, 0.2) is 24.3 Å². The van der Waals surface area contributed by atoms with Crippen LogP contribution in [0.4, 0.5) is 0 Å². The fraction of sp³-hybridized carbons (Fsp3) is 0.308. The number of primary amides is 1. The number of nitriles is 1. The monoisotopic (exact) mass is 242 g/mol. The topological polar surface area (TPSA) is 84.7 Å². The van der Waals surface area contributed by atoms with Crippen molar-refractivity contribution in [1.82, 2.24) is 9.78 Å². The van der Waals surface area contributed by atoms with Gasteiger partial charge < -0.3 is 5.73 Å². The lowest BCUT2D eigenvalue weighted by Gasteiger charge is -2.01. The number of fused-ring (bicyclic) bond motifs is 1. The quantitative estimate of drug-likeness (QED) is 0.811. The van der Waals surface area contributed by atoms with E-state index in [1.165, 1.54) is 0 Å². The summed E-state index contributed by atoms with van der Waals surface area (Å²) < 4.78 is 1.78. The summed E-state index contributed by atoms with van der Waals surface area (Å²) in [6.45, 7) is 0.690. The molecule has 0 bridgehead atoms. The zero-order valence-electron chi connectivity index (χ0n) is 9.97. The third kappa shape index (κ3) is 2.33. The molecule has 0 saturated heterocycles. The Bertz CT molecular complexity index is 609. The van der Waals surface area contributed by atoms with E-state index in [4.69, 9.17) is 11.0 Å². The van der Waals surface area contributed by atoms with Gasteiger partial charge in [-0.15, -0.1) is 0 Å². The molecular weight excluding hydrogens is 228 g/mol. The van der Waals surface area contributed by atoms with Crippen LogP contribution in [0.2, 0.25) is 0 Å². The van der Waals surface area contributed by atoms with Gasteiger partial charge in [0.2, 0.25) is 0 Å². The van der Waals surface area contributed by atoms with Gasteiger partial charge in [-0.05, 0) is 18.9 Å². The molecule has 1 aromatic heterocycles. The number of hydrogen-bond acceptors (Lipinski definition) is 3. The molecule has 1 amide bonds. The first-order chi connectivity index (χ1) is 8.74. The first kappa shape index (κ1) is 12.1. The summed E-state index contributed by atoms with van der Waals surface area (Å²) in [5, 5.41) is 13.5. The average molecular weight is 242 g/mol. The molecule has 2 aromatic rings. The fourth-order valence-corrected chi connectivity index (χ4v) is 1.95. The number of carbonyl (C=O) groups is 1. The predicted molar refractivity (Wildman–Crippen MR) is 67.7 cm³/mol. The van der Waals surface area contributed by atoms with Crippen LogP contribution in [0.1, 0.15) is 29.8 Å². The van der Waals surface area contributed by atoms with Gasteiger partial charge in [0.05, 0.1) is 11.6 Å². The lowest BCUT2D eigenvalue weighted by atomic mass is 10.2. The van der Waals surface area contributed by atoms with E-state index in [9.17, 15) is 4.79 Å². The molecule has 0 radical (unpaired) electrons. The number of benzene rings is 1. The maximum Gasteiger partial charge on any atom is 0.269 e. The highest BCUT2D eigenvalue weighted by molar-refractivity contribution is 6.04. The standard InChI is InChI=1S/C13H14N4O/c14-8-4-1-5-9-17-11-7-3-2-6-10(11)12(16-17)13(15)18/h2-3,6-7H,1,4-5,9H2,(H2,15,18). The normalized spacial score (nSPS) is 10.4. The molecule has 0 saturated carbocycles. The number of nitrogens with two attached hydrogens (primary N) is 1. The third-order valence-corrected chi connectivity index (χ3v) is 2.80. The van der Waals surface area contributed by atoms with Crippen molar-refractivity contribution < 1.29 is 4.79 Å². The van der Waals surface area contributed by atoms with Crippen LogP contribution in [-0.2, 0) is 6.54 Å². The molecule has 5 nitrogen and oxygen atoms in total. The number of para-hydroxylation sites is 1. The summed E-state index contributed by atoms with van der Waals surface area (Å²) in [6, 6.07) is 9.63. The summed E-state index contributed by atoms with van der Waals surface area (Å²) in [7, 11) is 0. The molecule has 0 aliphatic heterocycles. The minimum Gasteiger partial charge on any atom is -0.364 e. The van der Waals surface area contributed by atoms with E-state index in [0.29, 0.717) is 18.7 Å². The molecule has 1 aromatic carbocycles. The number of amides is 1. The van der Waals surface area contributed by atoms with E-state index in [0.717, 1.165) is 23.7 Å². The van der Waals surface area contributed by atoms with E-state index in [1.54, 1.807) is 4.68 Å². The van der Waals surface area contributed by atoms with Gasteiger partial charge in [0.25, 0.3) is 5.91 Å². The first-order valence-corrected chi connectivity index (χ1v) is 5.86. The molecule has 5 heteroatoms. The summed E-state index contributed by atoms with van der Waals surface area (Å²) in [5.41, 5.74) is 6.53. The molecule has 0 fully saturated rings. The van der Waals surface area contributed by atoms with Gasteiger partial charge in [-0.1, -0.05) is 18.2 Å². The first-order valence-electron chi connectivity index (χ1n) is 5.86. The second kappa shape index (κ2) is 5.32. The van der Waals surface area contributed by atoms with Crippen molar-refractivity contribution in [2.45, 2.75) is 25.8 Å². The van der Waals surface area contributed by atoms with Crippen molar-refractivity contribution in [2.75, 3.05) is 0 Å². The van der Waals surface area contributed by atoms with Crippen LogP contribution in [-0.4, -0.2) is 15.7 Å². The largest absolute Gasteiger partial charge is 0.364 e. The van der Waals surface area contributed by atoms with E-state index in [1.807, 2.05) is 24.3 Å². The fourth-order valence-electron chi connectivity index (χ4n) is 1.95. The number of unbranched alkanes of at least 4 members (excludes halogenated alkanes) is 2. The van der Waals surface area contributed by atoms with Crippen molar-refractivity contribution in [3.05, 3.63) is 30.0 Å². The molecule has 0 spiro atoms. The average Bonchev–Trinajstić information content (AvgIpc) is 2.74. The summed E-state index contributed by atoms with van der Waals surface area (Å²) in [5.74, 6) is -0.512. The van der Waals surface area contributed by atoms with Gasteiger partial charge in [0.15, 0.2) is 5.69 Å². The molecule has 0 atom stereocenters. The van der Waals surface area contributed by atoms with Gasteiger partial charge in [-0.2, -0.15) is 10.4 Å². The van der Waals surface area contributed by atoms with E-state index >= 15 is 0 Å². The smallest absolute Gasteiger partial charge is 0.269 e. The third-order valence-electron chi connectivity index (χ3n) is 2.80. The van der Waals surface area contributed by atoms with Crippen molar-refractivity contribution >= 4 is 16.8 Å².